The zero-order valence-electron chi connectivity index (χ0n) is 17.0. The summed E-state index contributed by atoms with van der Waals surface area (Å²) in [4.78, 5) is 8.68. The summed E-state index contributed by atoms with van der Waals surface area (Å²) in [5.41, 5.74) is -0.556. The third-order valence-electron chi connectivity index (χ3n) is 4.51. The molecule has 0 spiro atoms. The van der Waals surface area contributed by atoms with Gasteiger partial charge in [-0.2, -0.15) is 13.2 Å². The van der Waals surface area contributed by atoms with Gasteiger partial charge < -0.3 is 14.6 Å². The highest BCUT2D eigenvalue weighted by Gasteiger charge is 2.38. The van der Waals surface area contributed by atoms with Crippen molar-refractivity contribution in [1.29, 1.82) is 0 Å². The van der Waals surface area contributed by atoms with Gasteiger partial charge in [-0.05, 0) is 31.0 Å². The van der Waals surface area contributed by atoms with Gasteiger partial charge in [0.2, 0.25) is 0 Å². The number of alkyl halides is 3. The number of aliphatic hydroxyl groups is 1. The van der Waals surface area contributed by atoms with E-state index in [0.717, 1.165) is 17.8 Å². The fraction of sp³-hybridized carbons (Fsp3) is 0.429. The molecule has 168 valence electrons. The van der Waals surface area contributed by atoms with Gasteiger partial charge in [0.05, 0.1) is 22.4 Å². The van der Waals surface area contributed by atoms with Gasteiger partial charge in [0.1, 0.15) is 27.1 Å². The molecular weight excluding hydrogens is 453 g/mol. The van der Waals surface area contributed by atoms with Gasteiger partial charge in [-0.25, -0.2) is 4.98 Å². The number of benzene rings is 1. The van der Waals surface area contributed by atoms with Gasteiger partial charge in [-0.15, -0.1) is 11.3 Å². The van der Waals surface area contributed by atoms with E-state index in [1.165, 1.54) is 12.1 Å². The van der Waals surface area contributed by atoms with E-state index < -0.39 is 18.4 Å². The van der Waals surface area contributed by atoms with Crippen LogP contribution in [0.15, 0.2) is 30.6 Å². The molecule has 10 heteroatoms. The lowest BCUT2D eigenvalue weighted by Gasteiger charge is -2.27. The summed E-state index contributed by atoms with van der Waals surface area (Å²) in [7, 11) is 0. The molecule has 0 saturated carbocycles. The van der Waals surface area contributed by atoms with E-state index in [1.807, 2.05) is 13.8 Å². The molecule has 0 amide bonds. The predicted molar refractivity (Wildman–Crippen MR) is 114 cm³/mol. The molecule has 1 aromatic carbocycles. The number of aromatic nitrogens is 2. The van der Waals surface area contributed by atoms with Crippen LogP contribution < -0.4 is 9.47 Å². The maximum absolute atomic E-state index is 12.5. The molecule has 1 N–H and O–H groups in total. The lowest BCUT2D eigenvalue weighted by Crippen LogP contribution is -2.28. The molecule has 3 rings (SSSR count). The Hall–Kier alpha value is -2.10. The molecule has 2 heterocycles. The first-order valence-electron chi connectivity index (χ1n) is 9.78. The summed E-state index contributed by atoms with van der Waals surface area (Å²) in [5.74, 6) is 0.418. The Kier molecular flexibility index (Phi) is 7.28. The first kappa shape index (κ1) is 23.6. The van der Waals surface area contributed by atoms with Gasteiger partial charge in [0, 0.05) is 12.4 Å². The summed E-state index contributed by atoms with van der Waals surface area (Å²) in [6.07, 6.45) is 0.434. The van der Waals surface area contributed by atoms with Crippen molar-refractivity contribution in [3.05, 3.63) is 46.2 Å². The van der Waals surface area contributed by atoms with Gasteiger partial charge in [0.25, 0.3) is 0 Å². The molecule has 0 saturated heterocycles. The number of rotatable bonds is 9. The van der Waals surface area contributed by atoms with Crippen molar-refractivity contribution in [2.45, 2.75) is 44.9 Å². The van der Waals surface area contributed by atoms with Gasteiger partial charge in [-0.1, -0.05) is 31.9 Å². The van der Waals surface area contributed by atoms with E-state index >= 15 is 0 Å². The molecule has 2 aromatic heterocycles. The van der Waals surface area contributed by atoms with Crippen LogP contribution in [-0.2, 0) is 5.60 Å². The largest absolute Gasteiger partial charge is 0.493 e. The average Bonchev–Trinajstić information content (AvgIpc) is 3.17. The summed E-state index contributed by atoms with van der Waals surface area (Å²) in [6.45, 7) is 2.94. The van der Waals surface area contributed by atoms with E-state index in [0.29, 0.717) is 46.0 Å². The predicted octanol–water partition coefficient (Wildman–Crippen LogP) is 6.11. The summed E-state index contributed by atoms with van der Waals surface area (Å²) < 4.78 is 48.6. The molecule has 0 bridgehead atoms. The number of nitrogens with zero attached hydrogens (tertiary/aromatic N) is 2. The zero-order chi connectivity index (χ0) is 22.6. The first-order valence-corrected chi connectivity index (χ1v) is 11.0. The van der Waals surface area contributed by atoms with Crippen molar-refractivity contribution < 1.29 is 27.8 Å². The lowest BCUT2D eigenvalue weighted by atomic mass is 9.90. The van der Waals surface area contributed by atoms with E-state index in [-0.39, 0.29) is 10.8 Å². The average molecular weight is 475 g/mol. The van der Waals surface area contributed by atoms with Gasteiger partial charge in [0.15, 0.2) is 6.61 Å². The van der Waals surface area contributed by atoms with Crippen molar-refractivity contribution in [3.8, 4) is 11.5 Å². The van der Waals surface area contributed by atoms with Crippen LogP contribution in [0.2, 0.25) is 5.02 Å². The maximum Gasteiger partial charge on any atom is 0.422 e. The van der Waals surface area contributed by atoms with Crippen LogP contribution >= 0.6 is 22.9 Å². The molecule has 1 unspecified atom stereocenters. The number of pyridine rings is 1. The van der Waals surface area contributed by atoms with Crippen LogP contribution in [0.3, 0.4) is 0 Å². The van der Waals surface area contributed by atoms with Crippen molar-refractivity contribution >= 4 is 33.2 Å². The quantitative estimate of drug-likeness (QED) is 0.405. The standard InChI is InChI=1S/C21H22ClF3N2O3S/c1-3-8-20(28,13-11-26-9-7-15(13)29-10-4-2)19-27-14-5-6-16(17(22)18(14)31-19)30-12-21(23,24)25/h5-7,9,11,28H,3-4,8,10,12H2,1-2H3. The Morgan fingerprint density at radius 3 is 2.55 bits per heavy atom. The molecule has 31 heavy (non-hydrogen) atoms. The normalized spacial score (nSPS) is 13.9. The SMILES string of the molecule is CCCOc1ccncc1C(O)(CCC)c1nc2ccc(OCC(F)(F)F)c(Cl)c2s1. The van der Waals surface area contributed by atoms with E-state index in [1.54, 1.807) is 18.5 Å². The van der Waals surface area contributed by atoms with E-state index in [9.17, 15) is 18.3 Å². The minimum absolute atomic E-state index is 0.0259. The molecule has 5 nitrogen and oxygen atoms in total. The number of ether oxygens (including phenoxy) is 2. The molecule has 1 atom stereocenters. The van der Waals surface area contributed by atoms with E-state index in [2.05, 4.69) is 9.97 Å². The molecule has 0 fully saturated rings. The zero-order valence-corrected chi connectivity index (χ0v) is 18.6. The third kappa shape index (κ3) is 5.22. The molecule has 0 aliphatic carbocycles. The Morgan fingerprint density at radius 2 is 1.87 bits per heavy atom. The highest BCUT2D eigenvalue weighted by atomic mass is 35.5. The van der Waals surface area contributed by atoms with Crippen molar-refractivity contribution in [3.63, 3.8) is 0 Å². The molecule has 3 aromatic rings. The summed E-state index contributed by atoms with van der Waals surface area (Å²) >= 11 is 7.42. The Morgan fingerprint density at radius 1 is 1.10 bits per heavy atom. The van der Waals surface area contributed by atoms with Gasteiger partial charge in [-0.3, -0.25) is 4.98 Å². The Labute approximate surface area is 186 Å². The maximum atomic E-state index is 12.5. The van der Waals surface area contributed by atoms with Crippen LogP contribution in [-0.4, -0.2) is 34.5 Å². The summed E-state index contributed by atoms with van der Waals surface area (Å²) in [5, 5.41) is 12.1. The minimum atomic E-state index is -4.48. The highest BCUT2D eigenvalue weighted by molar-refractivity contribution is 7.19. The van der Waals surface area contributed by atoms with E-state index in [4.69, 9.17) is 21.1 Å². The number of hydrogen-bond donors (Lipinski definition) is 1. The minimum Gasteiger partial charge on any atom is -0.493 e. The van der Waals surface area contributed by atoms with Crippen LogP contribution in [0.25, 0.3) is 10.2 Å². The fourth-order valence-electron chi connectivity index (χ4n) is 3.14. The lowest BCUT2D eigenvalue weighted by molar-refractivity contribution is -0.153. The second kappa shape index (κ2) is 9.58. The first-order chi connectivity index (χ1) is 14.7. The number of fused-ring (bicyclic) bond motifs is 1. The van der Waals surface area contributed by atoms with Crippen LogP contribution in [0, 0.1) is 0 Å². The monoisotopic (exact) mass is 474 g/mol. The molecule has 0 aliphatic rings. The van der Waals surface area contributed by atoms with Gasteiger partial charge >= 0.3 is 6.18 Å². The van der Waals surface area contributed by atoms with Crippen molar-refractivity contribution in [1.82, 2.24) is 9.97 Å². The van der Waals surface area contributed by atoms with Crippen LogP contribution in [0.5, 0.6) is 11.5 Å². The Balaban J connectivity index is 2.06. The second-order valence-electron chi connectivity index (χ2n) is 6.98. The highest BCUT2D eigenvalue weighted by Crippen LogP contribution is 2.45. The molecule has 0 radical (unpaired) electrons. The second-order valence-corrected chi connectivity index (χ2v) is 8.36. The van der Waals surface area contributed by atoms with Crippen LogP contribution in [0.4, 0.5) is 13.2 Å². The fourth-order valence-corrected chi connectivity index (χ4v) is 4.60. The third-order valence-corrected chi connectivity index (χ3v) is 6.23. The Bertz CT molecular complexity index is 1040. The van der Waals surface area contributed by atoms with Crippen molar-refractivity contribution in [2.75, 3.05) is 13.2 Å². The van der Waals surface area contributed by atoms with Crippen molar-refractivity contribution in [2.24, 2.45) is 0 Å². The molecular formula is C21H22ClF3N2O3S. The van der Waals surface area contributed by atoms with Crippen LogP contribution in [0.1, 0.15) is 43.7 Å². The number of halogens is 4. The molecule has 0 aliphatic heterocycles. The number of hydrogen-bond acceptors (Lipinski definition) is 6. The smallest absolute Gasteiger partial charge is 0.422 e. The number of thiazole rings is 1. The summed E-state index contributed by atoms with van der Waals surface area (Å²) in [6, 6.07) is 4.56. The topological polar surface area (TPSA) is 64.5 Å².